The molecule has 2 unspecified atom stereocenters. The highest BCUT2D eigenvalue weighted by Gasteiger charge is 2.41. The van der Waals surface area contributed by atoms with Gasteiger partial charge >= 0.3 is 5.97 Å². The van der Waals surface area contributed by atoms with Crippen molar-refractivity contribution >= 4 is 23.4 Å². The van der Waals surface area contributed by atoms with Gasteiger partial charge in [0.25, 0.3) is 0 Å². The maximum absolute atomic E-state index is 13.6. The van der Waals surface area contributed by atoms with E-state index in [4.69, 9.17) is 21.1 Å². The summed E-state index contributed by atoms with van der Waals surface area (Å²) in [7, 11) is 1.64. The van der Waals surface area contributed by atoms with E-state index in [-0.39, 0.29) is 17.6 Å². The van der Waals surface area contributed by atoms with E-state index in [2.05, 4.69) is 5.32 Å². The van der Waals surface area contributed by atoms with Crippen molar-refractivity contribution in [3.63, 3.8) is 0 Å². The van der Waals surface area contributed by atoms with Crippen molar-refractivity contribution in [2.24, 2.45) is 5.92 Å². The first-order chi connectivity index (χ1) is 16.3. The molecule has 2 aliphatic rings. The SMILES string of the molecule is COc1ccc(C2CC(=O)C3=C(C2)NC(C)=C(C(=O)OCC(C)C)C3c2ccc(Cl)cc2)cc1. The highest BCUT2D eigenvalue weighted by Crippen LogP contribution is 2.46. The van der Waals surface area contributed by atoms with Crippen LogP contribution in [0.25, 0.3) is 0 Å². The fourth-order valence-electron chi connectivity index (χ4n) is 4.73. The molecule has 1 heterocycles. The fraction of sp³-hybridized carbons (Fsp3) is 0.357. The molecule has 2 aromatic rings. The molecule has 1 aliphatic carbocycles. The Hall–Kier alpha value is -3.05. The number of hydrogen-bond acceptors (Lipinski definition) is 5. The molecule has 1 N–H and O–H groups in total. The van der Waals surface area contributed by atoms with Gasteiger partial charge in [-0.05, 0) is 60.6 Å². The molecule has 0 saturated carbocycles. The number of Topliss-reactive ketones (excluding diaryl/α,β-unsaturated/α-hetero) is 1. The summed E-state index contributed by atoms with van der Waals surface area (Å²) in [5.41, 5.74) is 4.66. The third-order valence-corrected chi connectivity index (χ3v) is 6.64. The molecule has 4 rings (SSSR count). The summed E-state index contributed by atoms with van der Waals surface area (Å²) in [6, 6.07) is 15.2. The van der Waals surface area contributed by atoms with Gasteiger partial charge < -0.3 is 14.8 Å². The van der Waals surface area contributed by atoms with Gasteiger partial charge in [-0.15, -0.1) is 0 Å². The highest BCUT2D eigenvalue weighted by molar-refractivity contribution is 6.30. The van der Waals surface area contributed by atoms with Gasteiger partial charge in [-0.25, -0.2) is 4.79 Å². The Morgan fingerprint density at radius 1 is 1.06 bits per heavy atom. The number of carbonyl (C=O) groups excluding carboxylic acids is 2. The lowest BCUT2D eigenvalue weighted by Crippen LogP contribution is -2.36. The van der Waals surface area contributed by atoms with Crippen molar-refractivity contribution in [2.75, 3.05) is 13.7 Å². The number of allylic oxidation sites excluding steroid dienone is 3. The predicted octanol–water partition coefficient (Wildman–Crippen LogP) is 5.91. The summed E-state index contributed by atoms with van der Waals surface area (Å²) in [5, 5.41) is 3.99. The maximum atomic E-state index is 13.6. The zero-order chi connectivity index (χ0) is 24.4. The van der Waals surface area contributed by atoms with E-state index in [0.717, 1.165) is 28.3 Å². The molecule has 1 aliphatic heterocycles. The van der Waals surface area contributed by atoms with Crippen LogP contribution in [0.1, 0.15) is 56.6 Å². The third-order valence-electron chi connectivity index (χ3n) is 6.39. The van der Waals surface area contributed by atoms with E-state index in [0.29, 0.717) is 35.6 Å². The molecule has 5 nitrogen and oxygen atoms in total. The zero-order valence-electron chi connectivity index (χ0n) is 20.0. The van der Waals surface area contributed by atoms with Gasteiger partial charge in [0.05, 0.1) is 19.3 Å². The number of esters is 1. The van der Waals surface area contributed by atoms with Crippen LogP contribution in [0.4, 0.5) is 0 Å². The van der Waals surface area contributed by atoms with Gasteiger partial charge in [0.15, 0.2) is 5.78 Å². The predicted molar refractivity (Wildman–Crippen MR) is 133 cm³/mol. The van der Waals surface area contributed by atoms with Gasteiger partial charge in [-0.3, -0.25) is 4.79 Å². The van der Waals surface area contributed by atoms with E-state index in [1.165, 1.54) is 0 Å². The number of nitrogens with one attached hydrogen (secondary N) is 1. The van der Waals surface area contributed by atoms with Crippen LogP contribution in [0.3, 0.4) is 0 Å². The molecule has 34 heavy (non-hydrogen) atoms. The molecule has 2 aromatic carbocycles. The van der Waals surface area contributed by atoms with Crippen molar-refractivity contribution in [3.05, 3.63) is 87.2 Å². The quantitative estimate of drug-likeness (QED) is 0.522. The minimum absolute atomic E-state index is 0.0381. The van der Waals surface area contributed by atoms with Crippen LogP contribution in [-0.4, -0.2) is 25.5 Å². The molecular weight excluding hydrogens is 450 g/mol. The van der Waals surface area contributed by atoms with Crippen LogP contribution in [0.15, 0.2) is 71.1 Å². The van der Waals surface area contributed by atoms with Gasteiger partial charge in [0, 0.05) is 34.3 Å². The first-order valence-electron chi connectivity index (χ1n) is 11.6. The second kappa shape index (κ2) is 10.1. The number of methoxy groups -OCH3 is 1. The topological polar surface area (TPSA) is 64.6 Å². The Morgan fingerprint density at radius 2 is 1.71 bits per heavy atom. The average molecular weight is 480 g/mol. The van der Waals surface area contributed by atoms with Crippen LogP contribution in [0.2, 0.25) is 5.02 Å². The Morgan fingerprint density at radius 3 is 2.32 bits per heavy atom. The van der Waals surface area contributed by atoms with E-state index in [1.807, 2.05) is 57.2 Å². The van der Waals surface area contributed by atoms with Crippen LogP contribution >= 0.6 is 11.6 Å². The largest absolute Gasteiger partial charge is 0.497 e. The highest BCUT2D eigenvalue weighted by atomic mass is 35.5. The summed E-state index contributed by atoms with van der Waals surface area (Å²) < 4.78 is 10.9. The van der Waals surface area contributed by atoms with Gasteiger partial charge in [0.2, 0.25) is 0 Å². The van der Waals surface area contributed by atoms with E-state index in [9.17, 15) is 9.59 Å². The monoisotopic (exact) mass is 479 g/mol. The minimum Gasteiger partial charge on any atom is -0.497 e. The van der Waals surface area contributed by atoms with Crippen molar-refractivity contribution in [2.45, 2.75) is 45.4 Å². The van der Waals surface area contributed by atoms with Crippen LogP contribution in [0, 0.1) is 5.92 Å². The van der Waals surface area contributed by atoms with Crippen molar-refractivity contribution in [1.29, 1.82) is 0 Å². The number of ether oxygens (including phenoxy) is 2. The molecule has 6 heteroatoms. The van der Waals surface area contributed by atoms with Crippen molar-refractivity contribution in [3.8, 4) is 5.75 Å². The number of halogens is 1. The van der Waals surface area contributed by atoms with E-state index < -0.39 is 11.9 Å². The molecule has 0 radical (unpaired) electrons. The van der Waals surface area contributed by atoms with Crippen molar-refractivity contribution in [1.82, 2.24) is 5.32 Å². The lowest BCUT2D eigenvalue weighted by atomic mass is 9.72. The maximum Gasteiger partial charge on any atom is 0.336 e. The van der Waals surface area contributed by atoms with Gasteiger partial charge in [0.1, 0.15) is 5.75 Å². The number of ketones is 1. The minimum atomic E-state index is -0.488. The lowest BCUT2D eigenvalue weighted by molar-refractivity contribution is -0.140. The summed E-state index contributed by atoms with van der Waals surface area (Å²) in [6.45, 7) is 6.19. The molecule has 0 bridgehead atoms. The second-order valence-electron chi connectivity index (χ2n) is 9.33. The van der Waals surface area contributed by atoms with E-state index >= 15 is 0 Å². The number of hydrogen-bond donors (Lipinski definition) is 1. The molecule has 0 spiro atoms. The first kappa shape index (κ1) is 24.1. The smallest absolute Gasteiger partial charge is 0.336 e. The van der Waals surface area contributed by atoms with Crippen LogP contribution in [-0.2, 0) is 14.3 Å². The fourth-order valence-corrected chi connectivity index (χ4v) is 4.86. The Labute approximate surface area is 205 Å². The van der Waals surface area contributed by atoms with Crippen LogP contribution in [0.5, 0.6) is 5.75 Å². The van der Waals surface area contributed by atoms with Crippen LogP contribution < -0.4 is 10.1 Å². The Kier molecular flexibility index (Phi) is 7.13. The van der Waals surface area contributed by atoms with E-state index in [1.54, 1.807) is 19.2 Å². The number of carbonyl (C=O) groups is 2. The van der Waals surface area contributed by atoms with Crippen molar-refractivity contribution < 1.29 is 19.1 Å². The van der Waals surface area contributed by atoms with Gasteiger partial charge in [-0.2, -0.15) is 0 Å². The summed E-state index contributed by atoms with van der Waals surface area (Å²) in [5.74, 6) is 0.209. The number of dihydropyridines is 1. The molecule has 0 fully saturated rings. The average Bonchev–Trinajstić information content (AvgIpc) is 2.82. The molecule has 178 valence electrons. The number of rotatable bonds is 6. The van der Waals surface area contributed by atoms with Gasteiger partial charge in [-0.1, -0.05) is 49.7 Å². The standard InChI is InChI=1S/C28H30ClNO4/c1-16(2)15-34-28(32)25-17(3)30-23-13-20(18-7-11-22(33-4)12-8-18)14-24(31)27(23)26(25)19-5-9-21(29)10-6-19/h5-12,16,20,26,30H,13-15H2,1-4H3. The second-order valence-corrected chi connectivity index (χ2v) is 9.77. The first-order valence-corrected chi connectivity index (χ1v) is 12.0. The normalized spacial score (nSPS) is 20.2. The number of benzene rings is 2. The molecule has 0 saturated heterocycles. The summed E-state index contributed by atoms with van der Waals surface area (Å²) >= 11 is 6.13. The Balaban J connectivity index is 1.73. The third kappa shape index (κ3) is 4.90. The molecular formula is C28H30ClNO4. The molecule has 0 aromatic heterocycles. The Bertz CT molecular complexity index is 1150. The molecule has 0 amide bonds. The molecule has 2 atom stereocenters. The zero-order valence-corrected chi connectivity index (χ0v) is 20.7. The summed E-state index contributed by atoms with van der Waals surface area (Å²) in [4.78, 5) is 26.8. The lowest BCUT2D eigenvalue weighted by Gasteiger charge is -2.36. The summed E-state index contributed by atoms with van der Waals surface area (Å²) in [6.07, 6.45) is 1.06.